The molecule has 1 heterocycles. The molecule has 0 aromatic heterocycles. The highest BCUT2D eigenvalue weighted by Gasteiger charge is 2.42. The van der Waals surface area contributed by atoms with E-state index in [2.05, 4.69) is 0 Å². The summed E-state index contributed by atoms with van der Waals surface area (Å²) in [6, 6.07) is 15.3. The molecule has 0 aliphatic carbocycles. The smallest absolute Gasteiger partial charge is 0.303 e. The van der Waals surface area contributed by atoms with E-state index in [4.69, 9.17) is 14.9 Å². The molecule has 0 saturated heterocycles. The summed E-state index contributed by atoms with van der Waals surface area (Å²) in [5.74, 6) is -1.75. The third-order valence-electron chi connectivity index (χ3n) is 4.85. The summed E-state index contributed by atoms with van der Waals surface area (Å²) in [5.41, 5.74) is 2.57. The number of hydrogen-bond acceptors (Lipinski definition) is 4. The van der Waals surface area contributed by atoms with Gasteiger partial charge in [0.25, 0.3) is 0 Å². The van der Waals surface area contributed by atoms with Gasteiger partial charge in [0.05, 0.1) is 0 Å². The van der Waals surface area contributed by atoms with Gasteiger partial charge in [0, 0.05) is 12.8 Å². The maximum atomic E-state index is 11.3. The Morgan fingerprint density at radius 3 is 2.33 bits per heavy atom. The molecule has 0 saturated carbocycles. The van der Waals surface area contributed by atoms with E-state index in [9.17, 15) is 14.7 Å². The van der Waals surface area contributed by atoms with E-state index in [1.807, 2.05) is 48.5 Å². The number of rotatable bonds is 8. The lowest BCUT2D eigenvalue weighted by Gasteiger charge is -2.39. The van der Waals surface area contributed by atoms with Crippen LogP contribution < -0.4 is 0 Å². The van der Waals surface area contributed by atoms with Gasteiger partial charge in [0.2, 0.25) is 0 Å². The fourth-order valence-electron chi connectivity index (χ4n) is 3.62. The topological polar surface area (TPSA) is 93.1 Å². The second-order valence-corrected chi connectivity index (χ2v) is 6.63. The van der Waals surface area contributed by atoms with Crippen LogP contribution in [0.2, 0.25) is 0 Å². The maximum absolute atomic E-state index is 11.3. The molecule has 2 aromatic rings. The molecular weight excluding hydrogens is 348 g/mol. The van der Waals surface area contributed by atoms with Crippen molar-refractivity contribution < 1.29 is 29.6 Å². The van der Waals surface area contributed by atoms with Gasteiger partial charge in [-0.05, 0) is 41.5 Å². The SMILES string of the molecule is O=C(O)CCCc1ccccc1C1(CCC(=O)O)OOCc2ccccc21. The van der Waals surface area contributed by atoms with E-state index in [0.29, 0.717) is 19.4 Å². The van der Waals surface area contributed by atoms with Crippen LogP contribution in [0.15, 0.2) is 48.5 Å². The molecule has 0 bridgehead atoms. The Labute approximate surface area is 157 Å². The minimum absolute atomic E-state index is 0.0738. The third kappa shape index (κ3) is 4.18. The molecule has 0 spiro atoms. The molecule has 1 unspecified atom stereocenters. The average molecular weight is 370 g/mol. The van der Waals surface area contributed by atoms with Crippen LogP contribution >= 0.6 is 0 Å². The number of carbonyl (C=O) groups is 2. The zero-order valence-corrected chi connectivity index (χ0v) is 14.9. The molecule has 1 aliphatic heterocycles. The molecule has 0 radical (unpaired) electrons. The summed E-state index contributed by atoms with van der Waals surface area (Å²) in [7, 11) is 0. The number of fused-ring (bicyclic) bond motifs is 1. The van der Waals surface area contributed by atoms with Crippen molar-refractivity contribution in [2.75, 3.05) is 0 Å². The number of aryl methyl sites for hydroxylation is 1. The van der Waals surface area contributed by atoms with Crippen LogP contribution in [0.25, 0.3) is 0 Å². The van der Waals surface area contributed by atoms with E-state index >= 15 is 0 Å². The predicted octanol–water partition coefficient (Wildman–Crippen LogP) is 3.66. The van der Waals surface area contributed by atoms with Gasteiger partial charge in [-0.15, -0.1) is 0 Å². The van der Waals surface area contributed by atoms with Crippen LogP contribution in [0.1, 0.15) is 47.9 Å². The van der Waals surface area contributed by atoms with E-state index in [-0.39, 0.29) is 19.3 Å². The summed E-state index contributed by atoms with van der Waals surface area (Å²) >= 11 is 0. The van der Waals surface area contributed by atoms with Crippen molar-refractivity contribution in [2.24, 2.45) is 0 Å². The van der Waals surface area contributed by atoms with Gasteiger partial charge in [0.1, 0.15) is 6.61 Å². The van der Waals surface area contributed by atoms with Crippen molar-refractivity contribution in [3.8, 4) is 0 Å². The van der Waals surface area contributed by atoms with Crippen LogP contribution in [-0.4, -0.2) is 22.2 Å². The van der Waals surface area contributed by atoms with Gasteiger partial charge < -0.3 is 10.2 Å². The Morgan fingerprint density at radius 1 is 0.926 bits per heavy atom. The predicted molar refractivity (Wildman–Crippen MR) is 97.0 cm³/mol. The quantitative estimate of drug-likeness (QED) is 0.689. The summed E-state index contributed by atoms with van der Waals surface area (Å²) in [5, 5.41) is 18.2. The third-order valence-corrected chi connectivity index (χ3v) is 4.85. The van der Waals surface area contributed by atoms with E-state index in [1.54, 1.807) is 0 Å². The molecular formula is C21H22O6. The minimum Gasteiger partial charge on any atom is -0.481 e. The van der Waals surface area contributed by atoms with Crippen LogP contribution in [0.5, 0.6) is 0 Å². The molecule has 142 valence electrons. The first-order valence-corrected chi connectivity index (χ1v) is 8.94. The number of aliphatic carboxylic acids is 2. The van der Waals surface area contributed by atoms with Gasteiger partial charge >= 0.3 is 11.9 Å². The van der Waals surface area contributed by atoms with Gasteiger partial charge in [-0.1, -0.05) is 48.5 Å². The summed E-state index contributed by atoms with van der Waals surface area (Å²) in [4.78, 5) is 33.4. The van der Waals surface area contributed by atoms with Crippen molar-refractivity contribution in [1.82, 2.24) is 0 Å². The lowest BCUT2D eigenvalue weighted by molar-refractivity contribution is -0.375. The van der Waals surface area contributed by atoms with Gasteiger partial charge in [-0.25, -0.2) is 9.78 Å². The van der Waals surface area contributed by atoms with Crippen LogP contribution in [-0.2, 0) is 38.0 Å². The zero-order chi connectivity index (χ0) is 19.3. The van der Waals surface area contributed by atoms with Crippen molar-refractivity contribution in [1.29, 1.82) is 0 Å². The molecule has 1 aliphatic rings. The van der Waals surface area contributed by atoms with Crippen molar-refractivity contribution in [2.45, 2.75) is 44.3 Å². The Balaban J connectivity index is 2.05. The van der Waals surface area contributed by atoms with Gasteiger partial charge in [-0.3, -0.25) is 9.59 Å². The Hall–Kier alpha value is -2.70. The number of hydrogen-bond donors (Lipinski definition) is 2. The fourth-order valence-corrected chi connectivity index (χ4v) is 3.62. The molecule has 0 amide bonds. The Morgan fingerprint density at radius 2 is 1.59 bits per heavy atom. The molecule has 2 aromatic carbocycles. The highest BCUT2D eigenvalue weighted by atomic mass is 17.2. The standard InChI is InChI=1S/C21H22O6/c22-19(23)11-5-8-15-6-1-3-9-17(15)21(13-12-20(24)25)18-10-4-2-7-16(18)14-26-27-21/h1-4,6-7,9-10H,5,8,11-14H2,(H,22,23)(H,24,25). The Bertz CT molecular complexity index is 831. The summed E-state index contributed by atoms with van der Waals surface area (Å²) in [6.07, 6.45) is 1.26. The summed E-state index contributed by atoms with van der Waals surface area (Å²) in [6.45, 7) is 0.298. The molecule has 3 rings (SSSR count). The second-order valence-electron chi connectivity index (χ2n) is 6.63. The van der Waals surface area contributed by atoms with Crippen LogP contribution in [0.3, 0.4) is 0 Å². The highest BCUT2D eigenvalue weighted by Crippen LogP contribution is 2.44. The van der Waals surface area contributed by atoms with E-state index in [0.717, 1.165) is 22.3 Å². The first-order chi connectivity index (χ1) is 13.0. The van der Waals surface area contributed by atoms with Crippen molar-refractivity contribution in [3.05, 3.63) is 70.8 Å². The lowest BCUT2D eigenvalue weighted by Crippen LogP contribution is -2.37. The lowest BCUT2D eigenvalue weighted by atomic mass is 9.77. The van der Waals surface area contributed by atoms with Crippen molar-refractivity contribution in [3.63, 3.8) is 0 Å². The largest absolute Gasteiger partial charge is 0.481 e. The minimum atomic E-state index is -1.03. The molecule has 0 fully saturated rings. The normalized spacial score (nSPS) is 18.7. The summed E-state index contributed by atoms with van der Waals surface area (Å²) < 4.78 is 0. The molecule has 27 heavy (non-hydrogen) atoms. The second kappa shape index (κ2) is 8.33. The van der Waals surface area contributed by atoms with Crippen LogP contribution in [0.4, 0.5) is 0 Å². The van der Waals surface area contributed by atoms with E-state index < -0.39 is 17.5 Å². The fraction of sp³-hybridized carbons (Fsp3) is 0.333. The highest BCUT2D eigenvalue weighted by molar-refractivity contribution is 5.67. The zero-order valence-electron chi connectivity index (χ0n) is 14.9. The first-order valence-electron chi connectivity index (χ1n) is 8.94. The number of benzene rings is 2. The molecule has 2 N–H and O–H groups in total. The van der Waals surface area contributed by atoms with Crippen LogP contribution in [0, 0.1) is 0 Å². The average Bonchev–Trinajstić information content (AvgIpc) is 2.66. The first kappa shape index (κ1) is 19.1. The monoisotopic (exact) mass is 370 g/mol. The molecule has 6 heteroatoms. The molecule has 1 atom stereocenters. The van der Waals surface area contributed by atoms with Gasteiger partial charge in [0.15, 0.2) is 5.60 Å². The van der Waals surface area contributed by atoms with Crippen molar-refractivity contribution >= 4 is 11.9 Å². The maximum Gasteiger partial charge on any atom is 0.303 e. The number of carboxylic acids is 2. The Kier molecular flexibility index (Phi) is 5.88. The van der Waals surface area contributed by atoms with E-state index in [1.165, 1.54) is 0 Å². The van der Waals surface area contributed by atoms with Gasteiger partial charge in [-0.2, -0.15) is 0 Å². The number of carboxylic acid groups (broad SMARTS) is 2. The molecule has 6 nitrogen and oxygen atoms in total.